The zero-order chi connectivity index (χ0) is 18.0. The molecule has 0 radical (unpaired) electrons. The molecular formula is C20H21N3O3. The third-order valence-corrected chi connectivity index (χ3v) is 6.03. The number of hydrogen-bond acceptors (Lipinski definition) is 4. The number of rotatable bonds is 3. The van der Waals surface area contributed by atoms with E-state index >= 15 is 0 Å². The van der Waals surface area contributed by atoms with Gasteiger partial charge in [-0.25, -0.2) is 4.90 Å². The molecule has 0 unspecified atom stereocenters. The number of nitrogens with zero attached hydrogens (tertiary/aromatic N) is 3. The molecule has 6 nitrogen and oxygen atoms in total. The molecule has 2 amide bonds. The number of aryl methyl sites for hydroxylation is 1. The molecule has 3 fully saturated rings. The Morgan fingerprint density at radius 3 is 2.27 bits per heavy atom. The molecule has 4 atom stereocenters. The van der Waals surface area contributed by atoms with Crippen molar-refractivity contribution in [3.63, 3.8) is 0 Å². The van der Waals surface area contributed by atoms with E-state index in [4.69, 9.17) is 4.74 Å². The molecule has 3 saturated heterocycles. The molecule has 2 aromatic rings. The van der Waals surface area contributed by atoms with Crippen molar-refractivity contribution in [2.75, 3.05) is 4.90 Å². The smallest absolute Gasteiger partial charge is 0.240 e. The Labute approximate surface area is 151 Å². The fraction of sp³-hybridized carbons (Fsp3) is 0.450. The predicted molar refractivity (Wildman–Crippen MR) is 94.6 cm³/mol. The number of benzene rings is 1. The van der Waals surface area contributed by atoms with Crippen molar-refractivity contribution >= 4 is 17.5 Å². The minimum atomic E-state index is -0.308. The van der Waals surface area contributed by atoms with E-state index in [0.29, 0.717) is 17.9 Å². The molecule has 26 heavy (non-hydrogen) atoms. The minimum Gasteiger partial charge on any atom is -0.373 e. The highest BCUT2D eigenvalue weighted by atomic mass is 16.5. The van der Waals surface area contributed by atoms with E-state index in [-0.39, 0.29) is 35.9 Å². The van der Waals surface area contributed by atoms with Crippen molar-refractivity contribution in [2.24, 2.45) is 11.8 Å². The van der Waals surface area contributed by atoms with Crippen LogP contribution in [-0.4, -0.2) is 33.8 Å². The summed E-state index contributed by atoms with van der Waals surface area (Å²) in [6.45, 7) is 4.41. The molecule has 134 valence electrons. The number of ether oxygens (including phenoxy) is 1. The van der Waals surface area contributed by atoms with Crippen molar-refractivity contribution in [1.29, 1.82) is 0 Å². The normalized spacial score (nSPS) is 29.7. The summed E-state index contributed by atoms with van der Waals surface area (Å²) in [4.78, 5) is 27.5. The largest absolute Gasteiger partial charge is 0.373 e. The molecule has 6 heteroatoms. The topological polar surface area (TPSA) is 64.4 Å². The van der Waals surface area contributed by atoms with Crippen molar-refractivity contribution in [1.82, 2.24) is 9.78 Å². The second-order valence-corrected chi connectivity index (χ2v) is 7.52. The number of carbonyl (C=O) groups is 2. The van der Waals surface area contributed by atoms with Crippen molar-refractivity contribution in [3.05, 3.63) is 47.3 Å². The Morgan fingerprint density at radius 2 is 1.65 bits per heavy atom. The quantitative estimate of drug-likeness (QED) is 0.796. The Bertz CT molecular complexity index is 877. The van der Waals surface area contributed by atoms with E-state index in [9.17, 15) is 9.59 Å². The van der Waals surface area contributed by atoms with Crippen LogP contribution in [0.1, 0.15) is 29.8 Å². The fourth-order valence-electron chi connectivity index (χ4n) is 4.85. The molecule has 1 aromatic carbocycles. The first kappa shape index (κ1) is 15.8. The van der Waals surface area contributed by atoms with Gasteiger partial charge in [-0.1, -0.05) is 30.3 Å². The Kier molecular flexibility index (Phi) is 3.34. The van der Waals surface area contributed by atoms with Gasteiger partial charge < -0.3 is 4.74 Å². The lowest BCUT2D eigenvalue weighted by Crippen LogP contribution is -2.35. The Hall–Kier alpha value is -2.47. The molecule has 3 aliphatic rings. The van der Waals surface area contributed by atoms with E-state index in [1.54, 1.807) is 0 Å². The predicted octanol–water partition coefficient (Wildman–Crippen LogP) is 2.22. The van der Waals surface area contributed by atoms with Gasteiger partial charge in [0.25, 0.3) is 0 Å². The second-order valence-electron chi connectivity index (χ2n) is 7.52. The van der Waals surface area contributed by atoms with Gasteiger partial charge >= 0.3 is 0 Å². The summed E-state index contributed by atoms with van der Waals surface area (Å²) in [6.07, 6.45) is 1.58. The zero-order valence-electron chi connectivity index (χ0n) is 14.9. The summed E-state index contributed by atoms with van der Waals surface area (Å²) in [5, 5.41) is 4.61. The summed E-state index contributed by atoms with van der Waals surface area (Å²) in [5.41, 5.74) is 3.35. The van der Waals surface area contributed by atoms with Gasteiger partial charge in [-0.15, -0.1) is 0 Å². The van der Waals surface area contributed by atoms with Crippen LogP contribution in [-0.2, 0) is 20.9 Å². The Balaban J connectivity index is 1.51. The number of aromatic nitrogens is 2. The number of carbonyl (C=O) groups excluding carboxylic acids is 2. The third-order valence-electron chi connectivity index (χ3n) is 6.03. The number of hydrogen-bond donors (Lipinski definition) is 0. The van der Waals surface area contributed by atoms with Crippen LogP contribution >= 0.6 is 0 Å². The molecule has 0 N–H and O–H groups in total. The molecule has 0 saturated carbocycles. The standard InChI is InChI=1S/C20H21N3O3/c1-11-18(12(2)22(21-11)10-13-6-4-3-5-7-13)23-19(24)16-14-8-9-15(26-14)17(16)20(23)25/h3-7,14-17H,8-10H2,1-2H3/t14-,15+,16-,17+. The van der Waals surface area contributed by atoms with Gasteiger partial charge in [0.15, 0.2) is 0 Å². The first-order valence-electron chi connectivity index (χ1n) is 9.17. The lowest BCUT2D eigenvalue weighted by Gasteiger charge is -2.18. The maximum Gasteiger partial charge on any atom is 0.240 e. The number of anilines is 1. The molecule has 0 aliphatic carbocycles. The van der Waals surface area contributed by atoms with Crippen LogP contribution in [0, 0.1) is 25.7 Å². The highest BCUT2D eigenvalue weighted by Gasteiger charge is 2.63. The average molecular weight is 351 g/mol. The first-order valence-corrected chi connectivity index (χ1v) is 9.17. The van der Waals surface area contributed by atoms with E-state index in [1.807, 2.05) is 48.9 Å². The van der Waals surface area contributed by atoms with Gasteiger partial charge in [0, 0.05) is 0 Å². The highest BCUT2D eigenvalue weighted by molar-refractivity contribution is 6.23. The van der Waals surface area contributed by atoms with Gasteiger partial charge in [-0.3, -0.25) is 14.3 Å². The SMILES string of the molecule is Cc1nn(Cc2ccccc2)c(C)c1N1C(=O)[C@@H]2[C@H](C1=O)[C@H]1CC[C@@H]2O1. The molecule has 2 bridgehead atoms. The van der Waals surface area contributed by atoms with Crippen LogP contribution in [0.25, 0.3) is 0 Å². The summed E-state index contributed by atoms with van der Waals surface area (Å²) < 4.78 is 7.69. The van der Waals surface area contributed by atoms with Crippen molar-refractivity contribution < 1.29 is 14.3 Å². The van der Waals surface area contributed by atoms with Gasteiger partial charge in [0.1, 0.15) is 0 Å². The fourth-order valence-corrected chi connectivity index (χ4v) is 4.85. The number of fused-ring (bicyclic) bond motifs is 5. The van der Waals surface area contributed by atoms with Gasteiger partial charge in [0.05, 0.1) is 47.7 Å². The summed E-state index contributed by atoms with van der Waals surface area (Å²) in [6, 6.07) is 10.1. The van der Waals surface area contributed by atoms with Crippen molar-refractivity contribution in [3.8, 4) is 0 Å². The maximum absolute atomic E-state index is 13.0. The van der Waals surface area contributed by atoms with E-state index in [2.05, 4.69) is 5.10 Å². The minimum absolute atomic E-state index is 0.0913. The lowest BCUT2D eigenvalue weighted by molar-refractivity contribution is -0.124. The van der Waals surface area contributed by atoms with Crippen molar-refractivity contribution in [2.45, 2.75) is 45.4 Å². The number of imide groups is 1. The van der Waals surface area contributed by atoms with Crippen LogP contribution in [0.15, 0.2) is 30.3 Å². The van der Waals surface area contributed by atoms with E-state index in [1.165, 1.54) is 4.90 Å². The summed E-state index contributed by atoms with van der Waals surface area (Å²) in [7, 11) is 0. The van der Waals surface area contributed by atoms with Crippen LogP contribution < -0.4 is 4.90 Å². The molecule has 1 aromatic heterocycles. The lowest BCUT2D eigenvalue weighted by atomic mass is 9.81. The first-order chi connectivity index (χ1) is 12.6. The summed E-state index contributed by atoms with van der Waals surface area (Å²) >= 11 is 0. The zero-order valence-corrected chi connectivity index (χ0v) is 14.9. The summed E-state index contributed by atoms with van der Waals surface area (Å²) in [5.74, 6) is -0.842. The van der Waals surface area contributed by atoms with Crippen LogP contribution in [0.5, 0.6) is 0 Å². The van der Waals surface area contributed by atoms with Crippen LogP contribution in [0.2, 0.25) is 0 Å². The molecule has 4 heterocycles. The van der Waals surface area contributed by atoms with E-state index < -0.39 is 0 Å². The maximum atomic E-state index is 13.0. The third kappa shape index (κ3) is 2.05. The molecule has 3 aliphatic heterocycles. The Morgan fingerprint density at radius 1 is 1.04 bits per heavy atom. The second kappa shape index (κ2) is 5.51. The van der Waals surface area contributed by atoms with Gasteiger partial charge in [-0.05, 0) is 32.3 Å². The molecular weight excluding hydrogens is 330 g/mol. The monoisotopic (exact) mass is 351 g/mol. The van der Waals surface area contributed by atoms with Crippen LogP contribution in [0.4, 0.5) is 5.69 Å². The molecule has 0 spiro atoms. The number of amides is 2. The highest BCUT2D eigenvalue weighted by Crippen LogP contribution is 2.50. The average Bonchev–Trinajstić information content (AvgIpc) is 3.36. The van der Waals surface area contributed by atoms with Gasteiger partial charge in [0.2, 0.25) is 11.8 Å². The van der Waals surface area contributed by atoms with E-state index in [0.717, 1.165) is 24.1 Å². The van der Waals surface area contributed by atoms with Crippen LogP contribution in [0.3, 0.4) is 0 Å². The molecule has 5 rings (SSSR count). The van der Waals surface area contributed by atoms with Gasteiger partial charge in [-0.2, -0.15) is 5.10 Å².